The molecule has 1 aliphatic heterocycles. The van der Waals surface area contributed by atoms with Gasteiger partial charge in [-0.2, -0.15) is 0 Å². The van der Waals surface area contributed by atoms with Crippen molar-refractivity contribution in [1.82, 2.24) is 5.32 Å². The Morgan fingerprint density at radius 2 is 1.77 bits per heavy atom. The summed E-state index contributed by atoms with van der Waals surface area (Å²) in [4.78, 5) is 0. The van der Waals surface area contributed by atoms with E-state index in [1.54, 1.807) is 0 Å². The molecule has 0 radical (unpaired) electrons. The molecule has 1 saturated carbocycles. The van der Waals surface area contributed by atoms with E-state index < -0.39 is 5.92 Å². The topological polar surface area (TPSA) is 12.0 Å². The van der Waals surface area contributed by atoms with Crippen LogP contribution in [0.2, 0.25) is 0 Å². The zero-order chi connectivity index (χ0) is 9.31. The molecular weight excluding hydrogens is 172 g/mol. The first-order chi connectivity index (χ1) is 6.20. The minimum atomic E-state index is -2.45. The number of halogens is 2. The van der Waals surface area contributed by atoms with E-state index in [-0.39, 0.29) is 12.5 Å². The Bertz CT molecular complexity index is 176. The van der Waals surface area contributed by atoms with E-state index in [0.717, 1.165) is 32.2 Å². The van der Waals surface area contributed by atoms with Gasteiger partial charge in [0.05, 0.1) is 6.54 Å². The van der Waals surface area contributed by atoms with Crippen LogP contribution in [0.25, 0.3) is 0 Å². The predicted octanol–water partition coefficient (Wildman–Crippen LogP) is 2.42. The van der Waals surface area contributed by atoms with Crippen molar-refractivity contribution in [2.24, 2.45) is 11.8 Å². The number of hydrogen-bond donors (Lipinski definition) is 1. The Kier molecular flexibility index (Phi) is 2.54. The van der Waals surface area contributed by atoms with Gasteiger partial charge in [-0.1, -0.05) is 12.8 Å². The highest BCUT2D eigenvalue weighted by atomic mass is 19.3. The summed E-state index contributed by atoms with van der Waals surface area (Å²) in [6.45, 7) is 0.672. The minimum Gasteiger partial charge on any atom is -0.311 e. The molecule has 1 saturated heterocycles. The third-order valence-electron chi connectivity index (χ3n) is 3.50. The van der Waals surface area contributed by atoms with Crippen LogP contribution in [-0.4, -0.2) is 19.0 Å². The van der Waals surface area contributed by atoms with E-state index >= 15 is 0 Å². The highest BCUT2D eigenvalue weighted by Crippen LogP contribution is 2.42. The summed E-state index contributed by atoms with van der Waals surface area (Å²) >= 11 is 0. The molecule has 0 amide bonds. The smallest absolute Gasteiger partial charge is 0.263 e. The van der Waals surface area contributed by atoms with Crippen LogP contribution >= 0.6 is 0 Å². The molecule has 3 heteroatoms. The second-order valence-electron chi connectivity index (χ2n) is 4.38. The second kappa shape index (κ2) is 3.52. The Balaban J connectivity index is 2.02. The molecule has 2 aliphatic rings. The second-order valence-corrected chi connectivity index (χ2v) is 4.38. The van der Waals surface area contributed by atoms with Gasteiger partial charge in [-0.3, -0.25) is 0 Å². The van der Waals surface area contributed by atoms with Crippen LogP contribution in [0.1, 0.15) is 32.1 Å². The Morgan fingerprint density at radius 1 is 1.08 bits per heavy atom. The monoisotopic (exact) mass is 189 g/mol. The lowest BCUT2D eigenvalue weighted by molar-refractivity contribution is -0.0939. The molecule has 1 nitrogen and oxygen atoms in total. The third kappa shape index (κ3) is 1.85. The normalized spacial score (nSPS) is 35.1. The van der Waals surface area contributed by atoms with Crippen LogP contribution in [0.3, 0.4) is 0 Å². The molecule has 1 unspecified atom stereocenters. The van der Waals surface area contributed by atoms with Gasteiger partial charge in [0.25, 0.3) is 5.92 Å². The predicted molar refractivity (Wildman–Crippen MR) is 47.9 cm³/mol. The van der Waals surface area contributed by atoms with E-state index in [4.69, 9.17) is 0 Å². The Labute approximate surface area is 77.9 Å². The molecule has 0 aromatic rings. The standard InChI is InChI=1S/C10H17F2N/c11-10(12)7-13-6-5-9(10)8-3-1-2-4-8/h8-9,13H,1-7H2. The Morgan fingerprint density at radius 3 is 2.38 bits per heavy atom. The number of piperidine rings is 1. The molecule has 0 bridgehead atoms. The first kappa shape index (κ1) is 9.38. The molecule has 2 fully saturated rings. The van der Waals surface area contributed by atoms with Crippen molar-refractivity contribution in [3.63, 3.8) is 0 Å². The van der Waals surface area contributed by atoms with Crippen LogP contribution < -0.4 is 5.32 Å². The summed E-state index contributed by atoms with van der Waals surface area (Å²) in [7, 11) is 0. The van der Waals surface area contributed by atoms with Gasteiger partial charge >= 0.3 is 0 Å². The molecule has 0 spiro atoms. The number of hydrogen-bond acceptors (Lipinski definition) is 1. The lowest BCUT2D eigenvalue weighted by Crippen LogP contribution is -2.48. The van der Waals surface area contributed by atoms with Gasteiger partial charge < -0.3 is 5.32 Å². The largest absolute Gasteiger partial charge is 0.311 e. The zero-order valence-corrected chi connectivity index (χ0v) is 7.86. The van der Waals surface area contributed by atoms with Gasteiger partial charge in [-0.05, 0) is 31.7 Å². The van der Waals surface area contributed by atoms with E-state index in [2.05, 4.69) is 5.32 Å². The van der Waals surface area contributed by atoms with Gasteiger partial charge in [0, 0.05) is 5.92 Å². The number of alkyl halides is 2. The molecule has 0 aromatic heterocycles. The average Bonchev–Trinajstić information content (AvgIpc) is 2.55. The summed E-state index contributed by atoms with van der Waals surface area (Å²) in [5.41, 5.74) is 0. The van der Waals surface area contributed by atoms with Crippen LogP contribution in [-0.2, 0) is 0 Å². The van der Waals surface area contributed by atoms with Crippen molar-refractivity contribution in [3.8, 4) is 0 Å². The summed E-state index contributed by atoms with van der Waals surface area (Å²) in [5, 5.41) is 2.78. The van der Waals surface area contributed by atoms with E-state index in [0.29, 0.717) is 12.3 Å². The molecule has 1 atom stereocenters. The fraction of sp³-hybridized carbons (Fsp3) is 1.00. The maximum absolute atomic E-state index is 13.5. The third-order valence-corrected chi connectivity index (χ3v) is 3.50. The summed E-state index contributed by atoms with van der Waals surface area (Å²) in [5.74, 6) is -2.49. The van der Waals surface area contributed by atoms with Crippen molar-refractivity contribution < 1.29 is 8.78 Å². The molecule has 1 heterocycles. The maximum atomic E-state index is 13.5. The van der Waals surface area contributed by atoms with Crippen LogP contribution in [0.5, 0.6) is 0 Å². The highest BCUT2D eigenvalue weighted by Gasteiger charge is 2.45. The van der Waals surface area contributed by atoms with Gasteiger partial charge in [0.1, 0.15) is 0 Å². The first-order valence-electron chi connectivity index (χ1n) is 5.29. The summed E-state index contributed by atoms with van der Waals surface area (Å²) < 4.78 is 26.9. The van der Waals surface area contributed by atoms with E-state index in [1.165, 1.54) is 0 Å². The van der Waals surface area contributed by atoms with E-state index in [9.17, 15) is 8.78 Å². The van der Waals surface area contributed by atoms with Crippen LogP contribution in [0, 0.1) is 11.8 Å². The summed E-state index contributed by atoms with van der Waals surface area (Å²) in [6.07, 6.45) is 5.04. The molecular formula is C10H17F2N. The highest BCUT2D eigenvalue weighted by molar-refractivity contribution is 4.90. The van der Waals surface area contributed by atoms with Crippen molar-refractivity contribution in [1.29, 1.82) is 0 Å². The van der Waals surface area contributed by atoms with Gasteiger partial charge in [0.2, 0.25) is 0 Å². The average molecular weight is 189 g/mol. The van der Waals surface area contributed by atoms with Crippen molar-refractivity contribution in [3.05, 3.63) is 0 Å². The molecule has 13 heavy (non-hydrogen) atoms. The molecule has 0 aromatic carbocycles. The zero-order valence-electron chi connectivity index (χ0n) is 7.86. The fourth-order valence-corrected chi connectivity index (χ4v) is 2.80. The van der Waals surface area contributed by atoms with Crippen molar-refractivity contribution in [2.75, 3.05) is 13.1 Å². The number of rotatable bonds is 1. The van der Waals surface area contributed by atoms with Gasteiger partial charge in [0.15, 0.2) is 0 Å². The molecule has 1 aliphatic carbocycles. The van der Waals surface area contributed by atoms with Crippen molar-refractivity contribution in [2.45, 2.75) is 38.0 Å². The Hall–Kier alpha value is -0.180. The lowest BCUT2D eigenvalue weighted by atomic mass is 9.81. The lowest BCUT2D eigenvalue weighted by Gasteiger charge is -2.35. The molecule has 1 N–H and O–H groups in total. The van der Waals surface area contributed by atoms with Gasteiger partial charge in [-0.15, -0.1) is 0 Å². The SMILES string of the molecule is FC1(F)CNCCC1C1CCCC1. The van der Waals surface area contributed by atoms with Gasteiger partial charge in [-0.25, -0.2) is 8.78 Å². The van der Waals surface area contributed by atoms with Crippen LogP contribution in [0.15, 0.2) is 0 Å². The fourth-order valence-electron chi connectivity index (χ4n) is 2.80. The van der Waals surface area contributed by atoms with Crippen LogP contribution in [0.4, 0.5) is 8.78 Å². The minimum absolute atomic E-state index is 0.103. The number of nitrogens with one attached hydrogen (secondary N) is 1. The molecule has 2 rings (SSSR count). The van der Waals surface area contributed by atoms with Crippen molar-refractivity contribution >= 4 is 0 Å². The molecule has 76 valence electrons. The first-order valence-corrected chi connectivity index (χ1v) is 5.29. The maximum Gasteiger partial charge on any atom is 0.263 e. The summed E-state index contributed by atoms with van der Waals surface area (Å²) in [6, 6.07) is 0. The quantitative estimate of drug-likeness (QED) is 0.668. The van der Waals surface area contributed by atoms with E-state index in [1.807, 2.05) is 0 Å².